The zero-order valence-electron chi connectivity index (χ0n) is 17.9. The van der Waals surface area contributed by atoms with Crippen LogP contribution in [0.1, 0.15) is 0 Å². The van der Waals surface area contributed by atoms with E-state index >= 15 is 0 Å². The van der Waals surface area contributed by atoms with Crippen molar-refractivity contribution < 1.29 is 0 Å². The Morgan fingerprint density at radius 3 is 1.85 bits per heavy atom. The molecule has 0 spiro atoms. The molecule has 3 aromatic heterocycles. The van der Waals surface area contributed by atoms with Crippen LogP contribution in [0.25, 0.3) is 69.7 Å². The Kier molecular flexibility index (Phi) is 3.51. The lowest BCUT2D eigenvalue weighted by Gasteiger charge is -2.09. The minimum atomic E-state index is 0.594. The van der Waals surface area contributed by atoms with Crippen LogP contribution in [-0.4, -0.2) is 19.7 Å². The summed E-state index contributed by atoms with van der Waals surface area (Å²) in [6.45, 7) is 0. The summed E-state index contributed by atoms with van der Waals surface area (Å²) >= 11 is 1.82. The van der Waals surface area contributed by atoms with Gasteiger partial charge in [0.25, 0.3) is 5.95 Å². The van der Waals surface area contributed by atoms with Crippen molar-refractivity contribution in [2.24, 2.45) is 0 Å². The summed E-state index contributed by atoms with van der Waals surface area (Å²) in [5.41, 5.74) is 3.91. The highest BCUT2D eigenvalue weighted by atomic mass is 32.1. The summed E-state index contributed by atoms with van der Waals surface area (Å²) in [5.74, 6) is 0.594. The lowest BCUT2D eigenvalue weighted by Crippen LogP contribution is -2.03. The van der Waals surface area contributed by atoms with Crippen LogP contribution in [-0.2, 0) is 0 Å². The minimum Gasteiger partial charge on any atom is -0.277 e. The average Bonchev–Trinajstić information content (AvgIpc) is 3.45. The first-order chi connectivity index (χ1) is 16.9. The molecule has 5 aromatic carbocycles. The highest BCUT2D eigenvalue weighted by Crippen LogP contribution is 2.42. The largest absolute Gasteiger partial charge is 0.277 e. The molecule has 0 aliphatic rings. The number of rotatable bonds is 1. The molecular formula is C29H16N4S. The molecule has 5 heteroatoms. The third-order valence-electron chi connectivity index (χ3n) is 6.71. The van der Waals surface area contributed by atoms with E-state index in [1.807, 2.05) is 11.3 Å². The van der Waals surface area contributed by atoms with Gasteiger partial charge in [0.05, 0.1) is 11.0 Å². The van der Waals surface area contributed by atoms with Crippen molar-refractivity contribution in [1.29, 1.82) is 0 Å². The van der Waals surface area contributed by atoms with E-state index in [2.05, 4.69) is 107 Å². The van der Waals surface area contributed by atoms with Gasteiger partial charge in [0.1, 0.15) is 11.0 Å². The maximum absolute atomic E-state index is 5.21. The molecule has 0 fully saturated rings. The monoisotopic (exact) mass is 452 g/mol. The SMILES string of the molecule is c1ccc2c(c1)sc1c3ccccc3c3nnc(-n4c5ccccc5c5ccccc54)nc3c21. The standard InChI is InChI=1S/C29H16N4S/c1-2-12-20-19(11-1)26-27(25-21-13-5-8-16-24(21)34-28(20)25)30-29(32-31-26)33-22-14-6-3-9-17(22)18-10-4-7-15-23(18)33/h1-16H. The molecule has 0 amide bonds. The molecule has 0 radical (unpaired) electrons. The molecule has 0 aliphatic carbocycles. The van der Waals surface area contributed by atoms with Crippen molar-refractivity contribution in [2.75, 3.05) is 0 Å². The first-order valence-electron chi connectivity index (χ1n) is 11.2. The minimum absolute atomic E-state index is 0.594. The lowest BCUT2D eigenvalue weighted by molar-refractivity contribution is 0.926. The summed E-state index contributed by atoms with van der Waals surface area (Å²) in [7, 11) is 0. The molecule has 0 bridgehead atoms. The quantitative estimate of drug-likeness (QED) is 0.240. The second-order valence-corrected chi connectivity index (χ2v) is 9.58. The van der Waals surface area contributed by atoms with Gasteiger partial charge in [-0.05, 0) is 18.2 Å². The molecule has 0 atom stereocenters. The number of hydrogen-bond acceptors (Lipinski definition) is 4. The van der Waals surface area contributed by atoms with Crippen LogP contribution < -0.4 is 0 Å². The highest BCUT2D eigenvalue weighted by Gasteiger charge is 2.19. The Balaban J connectivity index is 1.59. The Morgan fingerprint density at radius 1 is 0.529 bits per heavy atom. The van der Waals surface area contributed by atoms with Crippen LogP contribution in [0, 0.1) is 0 Å². The van der Waals surface area contributed by atoms with Crippen LogP contribution in [0.15, 0.2) is 97.1 Å². The first-order valence-corrected chi connectivity index (χ1v) is 12.0. The van der Waals surface area contributed by atoms with Gasteiger partial charge in [-0.25, -0.2) is 4.98 Å². The third kappa shape index (κ3) is 2.29. The Bertz CT molecular complexity index is 2030. The number of nitrogens with zero attached hydrogens (tertiary/aromatic N) is 4. The predicted octanol–water partition coefficient (Wildman–Crippen LogP) is 7.64. The maximum Gasteiger partial charge on any atom is 0.255 e. The van der Waals surface area contributed by atoms with Gasteiger partial charge in [-0.1, -0.05) is 78.9 Å². The van der Waals surface area contributed by atoms with Crippen molar-refractivity contribution in [1.82, 2.24) is 19.7 Å². The second-order valence-electron chi connectivity index (χ2n) is 8.53. The van der Waals surface area contributed by atoms with E-state index in [-0.39, 0.29) is 0 Å². The van der Waals surface area contributed by atoms with Crippen molar-refractivity contribution >= 4 is 75.1 Å². The number of fused-ring (bicyclic) bond motifs is 11. The molecular weight excluding hydrogens is 436 g/mol. The van der Waals surface area contributed by atoms with Crippen LogP contribution in [0.5, 0.6) is 0 Å². The number of aromatic nitrogens is 4. The van der Waals surface area contributed by atoms with Crippen LogP contribution in [0.2, 0.25) is 0 Å². The average molecular weight is 453 g/mol. The summed E-state index contributed by atoms with van der Waals surface area (Å²) in [6.07, 6.45) is 0. The first kappa shape index (κ1) is 18.1. The molecule has 3 heterocycles. The van der Waals surface area contributed by atoms with E-state index in [9.17, 15) is 0 Å². The fourth-order valence-corrected chi connectivity index (χ4v) is 6.51. The zero-order valence-corrected chi connectivity index (χ0v) is 18.8. The molecule has 8 aromatic rings. The molecule has 4 nitrogen and oxygen atoms in total. The van der Waals surface area contributed by atoms with Gasteiger partial charge in [0.15, 0.2) is 0 Å². The molecule has 158 valence electrons. The van der Waals surface area contributed by atoms with Crippen molar-refractivity contribution in [3.8, 4) is 5.95 Å². The van der Waals surface area contributed by atoms with Crippen molar-refractivity contribution in [2.45, 2.75) is 0 Å². The fourth-order valence-electron chi connectivity index (χ4n) is 5.26. The predicted molar refractivity (Wildman–Crippen MR) is 142 cm³/mol. The molecule has 0 saturated carbocycles. The topological polar surface area (TPSA) is 43.6 Å². The summed E-state index contributed by atoms with van der Waals surface area (Å²) in [6, 6.07) is 33.8. The molecule has 8 rings (SSSR count). The van der Waals surface area contributed by atoms with Gasteiger partial charge in [-0.2, -0.15) is 0 Å². The van der Waals surface area contributed by atoms with Gasteiger partial charge in [0, 0.05) is 41.7 Å². The number of thiophene rings is 1. The van der Waals surface area contributed by atoms with E-state index in [0.717, 1.165) is 32.8 Å². The second kappa shape index (κ2) is 6.59. The molecule has 34 heavy (non-hydrogen) atoms. The zero-order chi connectivity index (χ0) is 22.2. The van der Waals surface area contributed by atoms with Crippen molar-refractivity contribution in [3.05, 3.63) is 97.1 Å². The maximum atomic E-state index is 5.21. The normalized spacial score (nSPS) is 12.1. The highest BCUT2D eigenvalue weighted by molar-refractivity contribution is 7.27. The molecule has 0 unspecified atom stereocenters. The number of hydrogen-bond donors (Lipinski definition) is 0. The van der Waals surface area contributed by atoms with E-state index in [0.29, 0.717) is 5.95 Å². The van der Waals surface area contributed by atoms with Crippen LogP contribution >= 0.6 is 11.3 Å². The molecule has 0 N–H and O–H groups in total. The lowest BCUT2D eigenvalue weighted by atomic mass is 10.0. The van der Waals surface area contributed by atoms with Crippen molar-refractivity contribution in [3.63, 3.8) is 0 Å². The molecule has 0 saturated heterocycles. The molecule has 0 aliphatic heterocycles. The van der Waals surface area contributed by atoms with E-state index in [1.165, 1.54) is 30.9 Å². The Hall–Kier alpha value is -4.35. The van der Waals surface area contributed by atoms with Gasteiger partial charge < -0.3 is 0 Å². The smallest absolute Gasteiger partial charge is 0.255 e. The number of para-hydroxylation sites is 2. The van der Waals surface area contributed by atoms with Gasteiger partial charge in [-0.15, -0.1) is 21.5 Å². The fraction of sp³-hybridized carbons (Fsp3) is 0. The van der Waals surface area contributed by atoms with E-state index in [4.69, 9.17) is 10.1 Å². The van der Waals surface area contributed by atoms with E-state index in [1.54, 1.807) is 0 Å². The summed E-state index contributed by atoms with van der Waals surface area (Å²) < 4.78 is 4.64. The van der Waals surface area contributed by atoms with Gasteiger partial charge in [-0.3, -0.25) is 4.57 Å². The van der Waals surface area contributed by atoms with Gasteiger partial charge >= 0.3 is 0 Å². The number of benzene rings is 5. The Morgan fingerprint density at radius 2 is 1.12 bits per heavy atom. The van der Waals surface area contributed by atoms with E-state index < -0.39 is 0 Å². The third-order valence-corrected chi connectivity index (χ3v) is 7.92. The summed E-state index contributed by atoms with van der Waals surface area (Å²) in [5, 5.41) is 16.5. The van der Waals surface area contributed by atoms with Gasteiger partial charge in [0.2, 0.25) is 0 Å². The Labute approximate surface area is 197 Å². The van der Waals surface area contributed by atoms with Crippen LogP contribution in [0.3, 0.4) is 0 Å². The summed E-state index contributed by atoms with van der Waals surface area (Å²) in [4.78, 5) is 5.21. The van der Waals surface area contributed by atoms with Crippen LogP contribution in [0.4, 0.5) is 0 Å².